The van der Waals surface area contributed by atoms with Gasteiger partial charge in [0, 0.05) is 10.6 Å². The van der Waals surface area contributed by atoms with Crippen LogP contribution in [0, 0.1) is 0 Å². The van der Waals surface area contributed by atoms with Crippen molar-refractivity contribution in [3.05, 3.63) is 69.7 Å². The number of fused-ring (bicyclic) bond motifs is 1. The lowest BCUT2D eigenvalue weighted by atomic mass is 10.0. The molecule has 0 atom stereocenters. The highest BCUT2D eigenvalue weighted by Gasteiger charge is 2.13. The van der Waals surface area contributed by atoms with Gasteiger partial charge >= 0.3 is 0 Å². The maximum Gasteiger partial charge on any atom is 0.269 e. The van der Waals surface area contributed by atoms with E-state index in [1.165, 1.54) is 17.5 Å². The van der Waals surface area contributed by atoms with Crippen LogP contribution >= 0.6 is 11.6 Å². The number of halogens is 1. The maximum absolute atomic E-state index is 12.0. The second-order valence-electron chi connectivity index (χ2n) is 5.65. The lowest BCUT2D eigenvalue weighted by molar-refractivity contribution is -0.121. The molecule has 3 rings (SSSR count). The number of benzene rings is 2. The number of hydrazine groups is 1. The van der Waals surface area contributed by atoms with Gasteiger partial charge in [-0.15, -0.1) is 0 Å². The largest absolute Gasteiger partial charge is 0.273 e. The highest BCUT2D eigenvalue weighted by atomic mass is 35.5. The first kappa shape index (κ1) is 15.6. The van der Waals surface area contributed by atoms with Gasteiger partial charge in [-0.25, -0.2) is 0 Å². The number of rotatable bonds is 3. The van der Waals surface area contributed by atoms with E-state index in [0.717, 1.165) is 18.4 Å². The molecule has 0 fully saturated rings. The van der Waals surface area contributed by atoms with Gasteiger partial charge < -0.3 is 0 Å². The summed E-state index contributed by atoms with van der Waals surface area (Å²) in [6.07, 6.45) is 3.62. The van der Waals surface area contributed by atoms with Crippen molar-refractivity contribution in [2.75, 3.05) is 0 Å². The average Bonchev–Trinajstić information content (AvgIpc) is 3.00. The highest BCUT2D eigenvalue weighted by Crippen LogP contribution is 2.22. The smallest absolute Gasteiger partial charge is 0.269 e. The molecule has 0 aromatic heterocycles. The number of hydrogen-bond donors (Lipinski definition) is 2. The van der Waals surface area contributed by atoms with Gasteiger partial charge in [0.05, 0.1) is 6.42 Å². The zero-order valence-corrected chi connectivity index (χ0v) is 13.3. The summed E-state index contributed by atoms with van der Waals surface area (Å²) in [5, 5.41) is 0.474. The molecule has 0 radical (unpaired) electrons. The normalized spacial score (nSPS) is 12.6. The van der Waals surface area contributed by atoms with Crippen LogP contribution in [0.4, 0.5) is 0 Å². The van der Waals surface area contributed by atoms with E-state index in [-0.39, 0.29) is 12.3 Å². The molecule has 0 saturated heterocycles. The number of aryl methyl sites for hydroxylation is 2. The topological polar surface area (TPSA) is 58.2 Å². The van der Waals surface area contributed by atoms with E-state index in [1.807, 2.05) is 6.07 Å². The molecule has 1 aliphatic rings. The molecule has 1 aliphatic carbocycles. The molecule has 4 nitrogen and oxygen atoms in total. The Kier molecular flexibility index (Phi) is 4.63. The minimum atomic E-state index is -0.394. The van der Waals surface area contributed by atoms with Gasteiger partial charge in [0.2, 0.25) is 5.91 Å². The third kappa shape index (κ3) is 3.90. The lowest BCUT2D eigenvalue weighted by Gasteiger charge is -2.08. The maximum atomic E-state index is 12.0. The number of amides is 2. The molecule has 2 amide bonds. The Balaban J connectivity index is 1.54. The molecule has 0 saturated carbocycles. The van der Waals surface area contributed by atoms with Crippen LogP contribution in [0.5, 0.6) is 0 Å². The number of carbonyl (C=O) groups is 2. The van der Waals surface area contributed by atoms with E-state index in [9.17, 15) is 9.59 Å². The van der Waals surface area contributed by atoms with Crippen molar-refractivity contribution in [2.45, 2.75) is 25.7 Å². The van der Waals surface area contributed by atoms with E-state index in [2.05, 4.69) is 23.0 Å². The van der Waals surface area contributed by atoms with Crippen molar-refractivity contribution in [3.63, 3.8) is 0 Å². The Hall–Kier alpha value is -2.33. The van der Waals surface area contributed by atoms with Crippen LogP contribution < -0.4 is 10.9 Å². The van der Waals surface area contributed by atoms with Gasteiger partial charge in [0.1, 0.15) is 0 Å². The molecule has 0 spiro atoms. The van der Waals surface area contributed by atoms with Crippen LogP contribution in [-0.2, 0) is 24.1 Å². The molecule has 0 heterocycles. The Morgan fingerprint density at radius 1 is 1.00 bits per heavy atom. The van der Waals surface area contributed by atoms with Gasteiger partial charge in [-0.2, -0.15) is 0 Å². The van der Waals surface area contributed by atoms with Crippen molar-refractivity contribution >= 4 is 23.4 Å². The molecule has 118 valence electrons. The SMILES string of the molecule is O=C(Cc1ccc2c(c1)CCC2)NNC(=O)c1cccc(Cl)c1. The van der Waals surface area contributed by atoms with Crippen molar-refractivity contribution < 1.29 is 9.59 Å². The molecule has 0 unspecified atom stereocenters. The molecule has 2 aromatic carbocycles. The lowest BCUT2D eigenvalue weighted by Crippen LogP contribution is -2.42. The summed E-state index contributed by atoms with van der Waals surface area (Å²) in [6, 6.07) is 12.7. The fraction of sp³-hybridized carbons (Fsp3) is 0.222. The minimum Gasteiger partial charge on any atom is -0.273 e. The van der Waals surface area contributed by atoms with Crippen LogP contribution in [0.25, 0.3) is 0 Å². The number of nitrogens with one attached hydrogen (secondary N) is 2. The summed E-state index contributed by atoms with van der Waals surface area (Å²) in [7, 11) is 0. The fourth-order valence-corrected chi connectivity index (χ4v) is 2.98. The zero-order valence-electron chi connectivity index (χ0n) is 12.6. The first-order valence-electron chi connectivity index (χ1n) is 7.57. The van der Waals surface area contributed by atoms with Crippen LogP contribution in [0.2, 0.25) is 5.02 Å². The van der Waals surface area contributed by atoms with Crippen molar-refractivity contribution in [1.29, 1.82) is 0 Å². The van der Waals surface area contributed by atoms with Crippen LogP contribution in [0.3, 0.4) is 0 Å². The van der Waals surface area contributed by atoms with Crippen LogP contribution in [-0.4, -0.2) is 11.8 Å². The second-order valence-corrected chi connectivity index (χ2v) is 6.08. The Morgan fingerprint density at radius 3 is 2.65 bits per heavy atom. The van der Waals surface area contributed by atoms with Crippen LogP contribution in [0.15, 0.2) is 42.5 Å². The average molecular weight is 329 g/mol. The summed E-state index contributed by atoms with van der Waals surface area (Å²) in [4.78, 5) is 23.9. The molecule has 5 heteroatoms. The van der Waals surface area contributed by atoms with E-state index >= 15 is 0 Å². The van der Waals surface area contributed by atoms with Gasteiger partial charge in [-0.1, -0.05) is 35.9 Å². The summed E-state index contributed by atoms with van der Waals surface area (Å²) >= 11 is 5.84. The van der Waals surface area contributed by atoms with Crippen molar-refractivity contribution in [2.24, 2.45) is 0 Å². The predicted octanol–water partition coefficient (Wildman–Crippen LogP) is 2.83. The fourth-order valence-electron chi connectivity index (χ4n) is 2.79. The first-order valence-corrected chi connectivity index (χ1v) is 7.95. The molecule has 2 N–H and O–H groups in total. The van der Waals surface area contributed by atoms with Gasteiger partial charge in [-0.05, 0) is 54.2 Å². The Morgan fingerprint density at radius 2 is 1.83 bits per heavy atom. The summed E-state index contributed by atoms with van der Waals surface area (Å²) < 4.78 is 0. The quantitative estimate of drug-likeness (QED) is 0.851. The molecule has 2 aromatic rings. The van der Waals surface area contributed by atoms with Gasteiger partial charge in [0.25, 0.3) is 5.91 Å². The molecule has 0 aliphatic heterocycles. The molecular formula is C18H17ClN2O2. The summed E-state index contributed by atoms with van der Waals surface area (Å²) in [5.74, 6) is -0.645. The zero-order chi connectivity index (χ0) is 16.2. The first-order chi connectivity index (χ1) is 11.1. The summed E-state index contributed by atoms with van der Waals surface area (Å²) in [6.45, 7) is 0. The Bertz CT molecular complexity index is 758. The molecular weight excluding hydrogens is 312 g/mol. The van der Waals surface area contributed by atoms with Crippen molar-refractivity contribution in [3.8, 4) is 0 Å². The third-order valence-corrected chi connectivity index (χ3v) is 4.16. The number of carbonyl (C=O) groups excluding carboxylic acids is 2. The highest BCUT2D eigenvalue weighted by molar-refractivity contribution is 6.30. The molecule has 0 bridgehead atoms. The van der Waals surface area contributed by atoms with E-state index in [1.54, 1.807) is 24.3 Å². The van der Waals surface area contributed by atoms with E-state index in [0.29, 0.717) is 10.6 Å². The second kappa shape index (κ2) is 6.84. The molecule has 23 heavy (non-hydrogen) atoms. The van der Waals surface area contributed by atoms with Gasteiger partial charge in [-0.3, -0.25) is 20.4 Å². The minimum absolute atomic E-state index is 0.239. The van der Waals surface area contributed by atoms with Crippen molar-refractivity contribution in [1.82, 2.24) is 10.9 Å². The Labute approximate surface area is 139 Å². The van der Waals surface area contributed by atoms with Crippen LogP contribution in [0.1, 0.15) is 33.5 Å². The number of hydrogen-bond acceptors (Lipinski definition) is 2. The standard InChI is InChI=1S/C18H17ClN2O2/c19-16-6-2-5-15(11-16)18(23)21-20-17(22)10-12-7-8-13-3-1-4-14(13)9-12/h2,5-9,11H,1,3-4,10H2,(H,20,22)(H,21,23). The monoisotopic (exact) mass is 328 g/mol. The van der Waals surface area contributed by atoms with E-state index < -0.39 is 5.91 Å². The van der Waals surface area contributed by atoms with Gasteiger partial charge in [0.15, 0.2) is 0 Å². The predicted molar refractivity (Wildman–Crippen MR) is 89.2 cm³/mol. The summed E-state index contributed by atoms with van der Waals surface area (Å²) in [5.41, 5.74) is 8.90. The third-order valence-electron chi connectivity index (χ3n) is 3.93. The van der Waals surface area contributed by atoms with E-state index in [4.69, 9.17) is 11.6 Å².